The van der Waals surface area contributed by atoms with E-state index in [1.165, 1.54) is 16.6 Å². The van der Waals surface area contributed by atoms with Gasteiger partial charge >= 0.3 is 0 Å². The SMILES string of the molecule is Cc1c(C(C)(C)C)[nH]c2cc(OCCNCC(O)c3cccc(NS(C)(=O)=O)c3)ccc12. The number of nitrogens with one attached hydrogen (secondary N) is 3. The molecule has 3 rings (SSSR count). The van der Waals surface area contributed by atoms with E-state index in [9.17, 15) is 13.5 Å². The highest BCUT2D eigenvalue weighted by Gasteiger charge is 2.20. The summed E-state index contributed by atoms with van der Waals surface area (Å²) in [5.74, 6) is 0.793. The lowest BCUT2D eigenvalue weighted by atomic mass is 9.89. The van der Waals surface area contributed by atoms with E-state index in [0.29, 0.717) is 30.9 Å². The van der Waals surface area contributed by atoms with Gasteiger partial charge in [0.2, 0.25) is 10.0 Å². The number of anilines is 1. The molecule has 0 bridgehead atoms. The molecule has 8 heteroatoms. The Labute approximate surface area is 190 Å². The minimum atomic E-state index is -3.36. The normalized spacial score (nSPS) is 13.3. The van der Waals surface area contributed by atoms with Gasteiger partial charge in [-0.2, -0.15) is 0 Å². The molecule has 0 saturated heterocycles. The summed E-state index contributed by atoms with van der Waals surface area (Å²) in [5.41, 5.74) is 4.68. The molecular formula is C24H33N3O4S. The number of hydrogen-bond donors (Lipinski definition) is 4. The van der Waals surface area contributed by atoms with Crippen molar-refractivity contribution < 1.29 is 18.3 Å². The summed E-state index contributed by atoms with van der Waals surface area (Å²) in [6.07, 6.45) is 0.334. The van der Waals surface area contributed by atoms with Crippen LogP contribution >= 0.6 is 0 Å². The zero-order valence-electron chi connectivity index (χ0n) is 19.3. The van der Waals surface area contributed by atoms with Gasteiger partial charge in [-0.25, -0.2) is 8.42 Å². The van der Waals surface area contributed by atoms with Gasteiger partial charge in [0, 0.05) is 46.9 Å². The van der Waals surface area contributed by atoms with Gasteiger partial charge in [-0.15, -0.1) is 0 Å². The predicted octanol–water partition coefficient (Wildman–Crippen LogP) is 3.85. The highest BCUT2D eigenvalue weighted by Crippen LogP contribution is 2.32. The molecule has 0 radical (unpaired) electrons. The van der Waals surface area contributed by atoms with Gasteiger partial charge in [0.05, 0.1) is 12.4 Å². The van der Waals surface area contributed by atoms with Crippen LogP contribution in [-0.4, -0.2) is 44.5 Å². The lowest BCUT2D eigenvalue weighted by Gasteiger charge is -2.17. The Morgan fingerprint density at radius 1 is 1.16 bits per heavy atom. The van der Waals surface area contributed by atoms with E-state index >= 15 is 0 Å². The fourth-order valence-corrected chi connectivity index (χ4v) is 4.33. The van der Waals surface area contributed by atoms with Crippen LogP contribution < -0.4 is 14.8 Å². The van der Waals surface area contributed by atoms with Crippen molar-refractivity contribution in [3.05, 3.63) is 59.3 Å². The highest BCUT2D eigenvalue weighted by atomic mass is 32.2. The first-order valence-corrected chi connectivity index (χ1v) is 12.6. The number of fused-ring (bicyclic) bond motifs is 1. The van der Waals surface area contributed by atoms with Gasteiger partial charge in [0.15, 0.2) is 0 Å². The first-order valence-electron chi connectivity index (χ1n) is 10.7. The summed E-state index contributed by atoms with van der Waals surface area (Å²) in [4.78, 5) is 3.53. The van der Waals surface area contributed by atoms with Crippen molar-refractivity contribution in [1.29, 1.82) is 0 Å². The van der Waals surface area contributed by atoms with Crippen LogP contribution in [0.5, 0.6) is 5.75 Å². The average Bonchev–Trinajstić information content (AvgIpc) is 3.03. The number of sulfonamides is 1. The molecule has 3 aromatic rings. The number of rotatable bonds is 9. The van der Waals surface area contributed by atoms with Crippen molar-refractivity contribution in [2.24, 2.45) is 0 Å². The van der Waals surface area contributed by atoms with Crippen LogP contribution in [0, 0.1) is 6.92 Å². The Bertz CT molecular complexity index is 1180. The van der Waals surface area contributed by atoms with E-state index in [0.717, 1.165) is 17.5 Å². The molecule has 0 fully saturated rings. The number of aliphatic hydroxyl groups excluding tert-OH is 1. The van der Waals surface area contributed by atoms with Crippen LogP contribution in [0.25, 0.3) is 10.9 Å². The summed E-state index contributed by atoms with van der Waals surface area (Å²) >= 11 is 0. The van der Waals surface area contributed by atoms with Crippen LogP contribution in [0.1, 0.15) is 43.7 Å². The van der Waals surface area contributed by atoms with E-state index < -0.39 is 16.1 Å². The van der Waals surface area contributed by atoms with Gasteiger partial charge in [0.1, 0.15) is 12.4 Å². The maximum Gasteiger partial charge on any atom is 0.229 e. The Balaban J connectivity index is 1.50. The van der Waals surface area contributed by atoms with Crippen molar-refractivity contribution in [1.82, 2.24) is 10.3 Å². The third-order valence-electron chi connectivity index (χ3n) is 5.24. The monoisotopic (exact) mass is 459 g/mol. The number of aryl methyl sites for hydroxylation is 1. The minimum absolute atomic E-state index is 0.0508. The number of aromatic nitrogens is 1. The molecule has 0 aliphatic rings. The third-order valence-corrected chi connectivity index (χ3v) is 5.85. The molecule has 1 heterocycles. The average molecular weight is 460 g/mol. The predicted molar refractivity (Wildman–Crippen MR) is 130 cm³/mol. The van der Waals surface area contributed by atoms with Crippen LogP contribution in [0.15, 0.2) is 42.5 Å². The van der Waals surface area contributed by atoms with Gasteiger partial charge in [-0.1, -0.05) is 32.9 Å². The zero-order chi connectivity index (χ0) is 23.5. The molecule has 0 amide bonds. The first-order chi connectivity index (χ1) is 14.9. The van der Waals surface area contributed by atoms with E-state index in [1.54, 1.807) is 24.3 Å². The first kappa shape index (κ1) is 24.1. The fourth-order valence-electron chi connectivity index (χ4n) is 3.78. The van der Waals surface area contributed by atoms with Gasteiger partial charge in [-0.3, -0.25) is 4.72 Å². The number of hydrogen-bond acceptors (Lipinski definition) is 5. The maximum atomic E-state index is 11.4. The van der Waals surface area contributed by atoms with Crippen molar-refractivity contribution in [3.8, 4) is 5.75 Å². The van der Waals surface area contributed by atoms with Gasteiger partial charge < -0.3 is 20.1 Å². The topological polar surface area (TPSA) is 103 Å². The Hall–Kier alpha value is -2.55. The van der Waals surface area contributed by atoms with E-state index in [1.807, 2.05) is 12.1 Å². The van der Waals surface area contributed by atoms with Crippen molar-refractivity contribution in [2.75, 3.05) is 30.7 Å². The maximum absolute atomic E-state index is 11.4. The molecule has 0 aliphatic heterocycles. The van der Waals surface area contributed by atoms with Crippen LogP contribution in [-0.2, 0) is 15.4 Å². The Morgan fingerprint density at radius 2 is 1.91 bits per heavy atom. The van der Waals surface area contributed by atoms with Crippen molar-refractivity contribution >= 4 is 26.6 Å². The zero-order valence-corrected chi connectivity index (χ0v) is 20.1. The van der Waals surface area contributed by atoms with Crippen LogP contribution in [0.4, 0.5) is 5.69 Å². The van der Waals surface area contributed by atoms with Gasteiger partial charge in [0.25, 0.3) is 0 Å². The third kappa shape index (κ3) is 6.25. The highest BCUT2D eigenvalue weighted by molar-refractivity contribution is 7.92. The molecule has 7 nitrogen and oxygen atoms in total. The largest absolute Gasteiger partial charge is 0.492 e. The molecule has 0 spiro atoms. The number of H-pyrrole nitrogens is 1. The lowest BCUT2D eigenvalue weighted by molar-refractivity contribution is 0.172. The fraction of sp³-hybridized carbons (Fsp3) is 0.417. The summed E-state index contributed by atoms with van der Waals surface area (Å²) in [7, 11) is -3.36. The van der Waals surface area contributed by atoms with Gasteiger partial charge in [-0.05, 0) is 42.3 Å². The van der Waals surface area contributed by atoms with E-state index in [2.05, 4.69) is 48.8 Å². The molecular weight excluding hydrogens is 426 g/mol. The van der Waals surface area contributed by atoms with Crippen LogP contribution in [0.3, 0.4) is 0 Å². The number of aliphatic hydroxyl groups is 1. The summed E-state index contributed by atoms with van der Waals surface area (Å²) in [6.45, 7) is 10.1. The summed E-state index contributed by atoms with van der Waals surface area (Å²) in [5, 5.41) is 14.8. The molecule has 0 aliphatic carbocycles. The standard InChI is InChI=1S/C24H33N3O4S/c1-16-20-10-9-19(14-21(20)26-23(16)24(2,3)4)31-12-11-25-15-22(28)17-7-6-8-18(13-17)27-32(5,29)30/h6-10,13-14,22,25-28H,11-12,15H2,1-5H3. The summed E-state index contributed by atoms with van der Waals surface area (Å²) < 4.78 is 31.0. The second-order valence-electron chi connectivity index (χ2n) is 9.15. The molecule has 2 aromatic carbocycles. The number of aromatic amines is 1. The lowest BCUT2D eigenvalue weighted by Crippen LogP contribution is -2.26. The Kier molecular flexibility index (Phi) is 7.17. The molecule has 32 heavy (non-hydrogen) atoms. The molecule has 4 N–H and O–H groups in total. The molecule has 174 valence electrons. The molecule has 1 aromatic heterocycles. The van der Waals surface area contributed by atoms with Crippen molar-refractivity contribution in [3.63, 3.8) is 0 Å². The van der Waals surface area contributed by atoms with Crippen molar-refractivity contribution in [2.45, 2.75) is 39.2 Å². The second-order valence-corrected chi connectivity index (χ2v) is 10.9. The minimum Gasteiger partial charge on any atom is -0.492 e. The van der Waals surface area contributed by atoms with E-state index in [-0.39, 0.29) is 5.41 Å². The van der Waals surface area contributed by atoms with E-state index in [4.69, 9.17) is 4.74 Å². The van der Waals surface area contributed by atoms with Crippen LogP contribution in [0.2, 0.25) is 0 Å². The smallest absolute Gasteiger partial charge is 0.229 e. The Morgan fingerprint density at radius 3 is 2.59 bits per heavy atom. The quantitative estimate of drug-likeness (QED) is 0.364. The second kappa shape index (κ2) is 9.52. The molecule has 1 unspecified atom stereocenters. The molecule has 1 atom stereocenters. The summed E-state index contributed by atoms with van der Waals surface area (Å²) in [6, 6.07) is 12.8. The molecule has 0 saturated carbocycles. The number of ether oxygens (including phenoxy) is 1. The number of benzene rings is 2.